The summed E-state index contributed by atoms with van der Waals surface area (Å²) in [5.41, 5.74) is -1.14. The van der Waals surface area contributed by atoms with Crippen LogP contribution in [0.25, 0.3) is 0 Å². The maximum absolute atomic E-state index is 11.7. The van der Waals surface area contributed by atoms with Crippen molar-refractivity contribution >= 4 is 5.78 Å². The van der Waals surface area contributed by atoms with E-state index in [-0.39, 0.29) is 11.9 Å². The maximum atomic E-state index is 11.7. The molecule has 3 nitrogen and oxygen atoms in total. The van der Waals surface area contributed by atoms with Crippen LogP contribution >= 0.6 is 0 Å². The smallest absolute Gasteiger partial charge is 0.175 e. The minimum absolute atomic E-state index is 0.123. The van der Waals surface area contributed by atoms with Crippen molar-refractivity contribution in [3.8, 4) is 0 Å². The Morgan fingerprint density at radius 2 is 1.92 bits per heavy atom. The Hall–Kier alpha value is -0.410. The van der Waals surface area contributed by atoms with Gasteiger partial charge in [0.25, 0.3) is 0 Å². The molecule has 0 unspecified atom stereocenters. The van der Waals surface area contributed by atoms with Gasteiger partial charge in [0.05, 0.1) is 5.41 Å². The molecule has 0 aromatic carbocycles. The molecule has 0 saturated heterocycles. The standard InChI is InChI=1S/C10H18O3/c1-6-13-8-9(2,3)7(11)10(8,4)12-5/h8H,6H2,1-5H3/t8-,10-/m0/s1/i2+1,4+1/t8-,9+,10-. The van der Waals surface area contributed by atoms with Gasteiger partial charge in [-0.15, -0.1) is 0 Å². The Morgan fingerprint density at radius 3 is 2.31 bits per heavy atom. The van der Waals surface area contributed by atoms with Crippen LogP contribution in [0.15, 0.2) is 0 Å². The molecule has 0 bridgehead atoms. The molecule has 76 valence electrons. The molecule has 1 aliphatic rings. The van der Waals surface area contributed by atoms with E-state index in [4.69, 9.17) is 9.47 Å². The number of hydrogen-bond acceptors (Lipinski definition) is 3. The maximum Gasteiger partial charge on any atom is 0.175 e. The second kappa shape index (κ2) is 3.07. The van der Waals surface area contributed by atoms with Gasteiger partial charge in [0.15, 0.2) is 11.4 Å². The summed E-state index contributed by atoms with van der Waals surface area (Å²) in [6.45, 7) is 8.13. The summed E-state index contributed by atoms with van der Waals surface area (Å²) >= 11 is 0. The molecule has 13 heavy (non-hydrogen) atoms. The summed E-state index contributed by atoms with van der Waals surface area (Å²) in [6.07, 6.45) is -0.123. The number of rotatable bonds is 3. The van der Waals surface area contributed by atoms with E-state index in [1.807, 2.05) is 20.8 Å². The number of hydrogen-bond donors (Lipinski definition) is 0. The number of carbonyl (C=O) groups excluding carboxylic acids is 1. The normalized spacial score (nSPS) is 44.7. The third-order valence-electron chi connectivity index (χ3n) is 2.95. The van der Waals surface area contributed by atoms with Crippen molar-refractivity contribution < 1.29 is 14.3 Å². The third kappa shape index (κ3) is 1.22. The molecular weight excluding hydrogens is 170 g/mol. The van der Waals surface area contributed by atoms with Gasteiger partial charge in [-0.1, -0.05) is 13.8 Å². The monoisotopic (exact) mass is 188 g/mol. The Bertz CT molecular complexity index is 222. The van der Waals surface area contributed by atoms with Crippen LogP contribution < -0.4 is 0 Å². The zero-order valence-electron chi connectivity index (χ0n) is 9.01. The van der Waals surface area contributed by atoms with Crippen molar-refractivity contribution in [1.82, 2.24) is 0 Å². The van der Waals surface area contributed by atoms with Gasteiger partial charge in [-0.2, -0.15) is 0 Å². The molecule has 0 aromatic rings. The lowest BCUT2D eigenvalue weighted by atomic mass is 9.64. The fraction of sp³-hybridized carbons (Fsp3) is 0.900. The van der Waals surface area contributed by atoms with Crippen molar-refractivity contribution in [2.24, 2.45) is 5.41 Å². The Labute approximate surface area is 79.4 Å². The number of methoxy groups -OCH3 is 1. The highest BCUT2D eigenvalue weighted by Crippen LogP contribution is 2.48. The molecule has 0 amide bonds. The van der Waals surface area contributed by atoms with Crippen molar-refractivity contribution in [2.45, 2.75) is 39.4 Å². The molecular formula is C10H18O3. The number of Topliss-reactive ketones (excluding diaryl/α,β-unsaturated/α-hetero) is 1. The first kappa shape index (κ1) is 10.7. The van der Waals surface area contributed by atoms with Gasteiger partial charge in [-0.3, -0.25) is 4.79 Å². The predicted molar refractivity (Wildman–Crippen MR) is 49.6 cm³/mol. The highest BCUT2D eigenvalue weighted by molar-refractivity contribution is 6.00. The van der Waals surface area contributed by atoms with Gasteiger partial charge in [0, 0.05) is 13.7 Å². The molecule has 0 N–H and O–H groups in total. The molecule has 0 aromatic heterocycles. The summed E-state index contributed by atoms with van der Waals surface area (Å²) in [5.74, 6) is 0.126. The van der Waals surface area contributed by atoms with Crippen LogP contribution in [-0.4, -0.2) is 31.2 Å². The molecule has 1 fully saturated rings. The van der Waals surface area contributed by atoms with E-state index in [1.165, 1.54) is 0 Å². The molecule has 0 radical (unpaired) electrons. The van der Waals surface area contributed by atoms with Crippen LogP contribution in [0.3, 0.4) is 0 Å². The van der Waals surface area contributed by atoms with Crippen LogP contribution in [0.4, 0.5) is 0 Å². The van der Waals surface area contributed by atoms with Crippen LogP contribution in [0.1, 0.15) is 27.7 Å². The van der Waals surface area contributed by atoms with Gasteiger partial charge in [0.2, 0.25) is 0 Å². The van der Waals surface area contributed by atoms with Gasteiger partial charge in [-0.25, -0.2) is 0 Å². The first-order valence-electron chi connectivity index (χ1n) is 4.63. The van der Waals surface area contributed by atoms with Crippen LogP contribution in [-0.2, 0) is 14.3 Å². The van der Waals surface area contributed by atoms with Crippen molar-refractivity contribution in [2.75, 3.05) is 13.7 Å². The quantitative estimate of drug-likeness (QED) is 0.628. The van der Waals surface area contributed by atoms with Crippen molar-refractivity contribution in [3.05, 3.63) is 0 Å². The zero-order valence-corrected chi connectivity index (χ0v) is 9.01. The molecule has 1 aliphatic carbocycles. The second-order valence-electron chi connectivity index (χ2n) is 4.20. The Kier molecular flexibility index (Phi) is 2.52. The van der Waals surface area contributed by atoms with E-state index >= 15 is 0 Å². The molecule has 0 aliphatic heterocycles. The second-order valence-corrected chi connectivity index (χ2v) is 4.20. The number of ether oxygens (including phenoxy) is 2. The van der Waals surface area contributed by atoms with Gasteiger partial charge >= 0.3 is 0 Å². The topological polar surface area (TPSA) is 35.5 Å². The fourth-order valence-electron chi connectivity index (χ4n) is 2.22. The molecule has 1 rings (SSSR count). The third-order valence-corrected chi connectivity index (χ3v) is 2.95. The lowest BCUT2D eigenvalue weighted by molar-refractivity contribution is -0.225. The summed E-state index contributed by atoms with van der Waals surface area (Å²) in [7, 11) is 1.55. The highest BCUT2D eigenvalue weighted by Gasteiger charge is 2.65. The average molecular weight is 188 g/mol. The first-order valence-corrected chi connectivity index (χ1v) is 4.63. The first-order chi connectivity index (χ1) is 5.91. The van der Waals surface area contributed by atoms with E-state index in [2.05, 4.69) is 0 Å². The lowest BCUT2D eigenvalue weighted by Gasteiger charge is -2.54. The van der Waals surface area contributed by atoms with Gasteiger partial charge in [-0.05, 0) is 13.8 Å². The van der Waals surface area contributed by atoms with Crippen LogP contribution in [0.2, 0.25) is 0 Å². The fourth-order valence-corrected chi connectivity index (χ4v) is 2.22. The molecule has 0 heterocycles. The molecule has 3 atom stereocenters. The lowest BCUT2D eigenvalue weighted by Crippen LogP contribution is -2.72. The van der Waals surface area contributed by atoms with Crippen LogP contribution in [0, 0.1) is 5.41 Å². The average Bonchev–Trinajstić information content (AvgIpc) is 2.12. The molecule has 0 spiro atoms. The van der Waals surface area contributed by atoms with Crippen molar-refractivity contribution in [3.63, 3.8) is 0 Å². The van der Waals surface area contributed by atoms with E-state index < -0.39 is 11.0 Å². The number of carbonyl (C=O) groups is 1. The van der Waals surface area contributed by atoms with Gasteiger partial charge in [0.1, 0.15) is 6.10 Å². The minimum atomic E-state index is -0.737. The Morgan fingerprint density at radius 1 is 1.38 bits per heavy atom. The van der Waals surface area contributed by atoms with Crippen molar-refractivity contribution in [1.29, 1.82) is 0 Å². The van der Waals surface area contributed by atoms with E-state index in [0.717, 1.165) is 0 Å². The highest BCUT2D eigenvalue weighted by atomic mass is 16.6. The SMILES string of the molecule is CCO[C@H]1[C@@](C)([13CH3])C(=O)[C@]1([13CH3])OC. The summed E-state index contributed by atoms with van der Waals surface area (Å²) in [4.78, 5) is 11.7. The van der Waals surface area contributed by atoms with E-state index in [1.54, 1.807) is 14.0 Å². The predicted octanol–water partition coefficient (Wildman–Crippen LogP) is 1.41. The summed E-state index contributed by atoms with van der Waals surface area (Å²) in [5, 5.41) is 0. The Balaban J connectivity index is 2.84. The van der Waals surface area contributed by atoms with Gasteiger partial charge < -0.3 is 9.47 Å². The van der Waals surface area contributed by atoms with E-state index in [9.17, 15) is 4.79 Å². The van der Waals surface area contributed by atoms with E-state index in [0.29, 0.717) is 6.61 Å². The zero-order chi connectivity index (χ0) is 10.3. The molecule has 3 heteroatoms. The summed E-state index contributed by atoms with van der Waals surface area (Å²) in [6, 6.07) is 0. The minimum Gasteiger partial charge on any atom is -0.374 e. The molecule has 1 saturated carbocycles. The summed E-state index contributed by atoms with van der Waals surface area (Å²) < 4.78 is 10.7. The number of ketones is 1. The van der Waals surface area contributed by atoms with Crippen LogP contribution in [0.5, 0.6) is 0 Å². The largest absolute Gasteiger partial charge is 0.374 e.